The summed E-state index contributed by atoms with van der Waals surface area (Å²) in [4.78, 5) is 18.2. The van der Waals surface area contributed by atoms with Crippen LogP contribution < -0.4 is 5.32 Å². The first kappa shape index (κ1) is 18.6. The van der Waals surface area contributed by atoms with E-state index in [1.54, 1.807) is 0 Å². The third-order valence-electron chi connectivity index (χ3n) is 5.55. The summed E-state index contributed by atoms with van der Waals surface area (Å²) in [6.07, 6.45) is 2.92. The van der Waals surface area contributed by atoms with E-state index in [1.807, 2.05) is 16.9 Å². The Bertz CT molecular complexity index is 980. The molecule has 28 heavy (non-hydrogen) atoms. The zero-order valence-electron chi connectivity index (χ0n) is 16.6. The zero-order valence-corrected chi connectivity index (χ0v) is 16.6. The van der Waals surface area contributed by atoms with E-state index in [1.165, 1.54) is 18.1 Å². The molecule has 6 heteroatoms. The molecular weight excluding hydrogens is 350 g/mol. The van der Waals surface area contributed by atoms with Gasteiger partial charge >= 0.3 is 0 Å². The number of carbonyl (C=O) groups is 1. The molecule has 1 aromatic carbocycles. The lowest BCUT2D eigenvalue weighted by molar-refractivity contribution is -0.118. The fourth-order valence-corrected chi connectivity index (χ4v) is 4.06. The van der Waals surface area contributed by atoms with Gasteiger partial charge in [0.25, 0.3) is 0 Å². The van der Waals surface area contributed by atoms with E-state index in [9.17, 15) is 4.79 Å². The molecule has 6 nitrogen and oxygen atoms in total. The van der Waals surface area contributed by atoms with Gasteiger partial charge in [0.1, 0.15) is 0 Å². The van der Waals surface area contributed by atoms with Crippen molar-refractivity contribution in [1.82, 2.24) is 25.0 Å². The molecule has 0 radical (unpaired) electrons. The molecule has 0 saturated carbocycles. The Kier molecular flexibility index (Phi) is 5.39. The molecule has 1 atom stereocenters. The zero-order chi connectivity index (χ0) is 19.5. The maximum absolute atomic E-state index is 11.2. The molecule has 2 aromatic heterocycles. The second-order valence-electron chi connectivity index (χ2n) is 7.61. The maximum Gasteiger partial charge on any atom is 0.216 e. The molecule has 4 rings (SSSR count). The van der Waals surface area contributed by atoms with Crippen LogP contribution in [0.15, 0.2) is 42.6 Å². The first-order valence-corrected chi connectivity index (χ1v) is 9.94. The number of carbonyl (C=O) groups excluding carboxylic acids is 1. The van der Waals surface area contributed by atoms with Gasteiger partial charge in [-0.3, -0.25) is 9.69 Å². The van der Waals surface area contributed by atoms with Crippen molar-refractivity contribution in [2.75, 3.05) is 19.6 Å². The van der Waals surface area contributed by atoms with Gasteiger partial charge in [0, 0.05) is 44.1 Å². The van der Waals surface area contributed by atoms with Crippen LogP contribution in [-0.4, -0.2) is 45.2 Å². The maximum atomic E-state index is 11.2. The predicted octanol–water partition coefficient (Wildman–Crippen LogP) is 2.87. The SMILES string of the molecule is CC(=O)NCCn1nc(C2CCN(Cc3ccccc3C)C2)c2cccnc21. The van der Waals surface area contributed by atoms with Crippen molar-refractivity contribution < 1.29 is 4.79 Å². The number of likely N-dealkylation sites (tertiary alicyclic amines) is 1. The average molecular weight is 377 g/mol. The van der Waals surface area contributed by atoms with Crippen LogP contribution in [0.5, 0.6) is 0 Å². The van der Waals surface area contributed by atoms with Crippen LogP contribution in [0.25, 0.3) is 11.0 Å². The molecule has 1 N–H and O–H groups in total. The lowest BCUT2D eigenvalue weighted by atomic mass is 10.0. The molecule has 146 valence electrons. The minimum Gasteiger partial charge on any atom is -0.354 e. The largest absolute Gasteiger partial charge is 0.354 e. The molecule has 0 bridgehead atoms. The summed E-state index contributed by atoms with van der Waals surface area (Å²) < 4.78 is 1.94. The fourth-order valence-electron chi connectivity index (χ4n) is 4.06. The van der Waals surface area contributed by atoms with Gasteiger partial charge in [0.2, 0.25) is 5.91 Å². The van der Waals surface area contributed by atoms with Gasteiger partial charge in [-0.15, -0.1) is 0 Å². The first-order chi connectivity index (χ1) is 13.6. The second-order valence-corrected chi connectivity index (χ2v) is 7.61. The fraction of sp³-hybridized carbons (Fsp3) is 0.409. The van der Waals surface area contributed by atoms with Gasteiger partial charge in [-0.05, 0) is 43.1 Å². The van der Waals surface area contributed by atoms with E-state index in [-0.39, 0.29) is 5.91 Å². The smallest absolute Gasteiger partial charge is 0.216 e. The number of rotatable bonds is 6. The van der Waals surface area contributed by atoms with E-state index < -0.39 is 0 Å². The van der Waals surface area contributed by atoms with Crippen molar-refractivity contribution in [2.45, 2.75) is 39.3 Å². The van der Waals surface area contributed by atoms with E-state index in [0.717, 1.165) is 42.8 Å². The standard InChI is InChI=1S/C22H27N5O/c1-16-6-3-4-7-18(16)14-26-12-9-19(15-26)21-20-8-5-10-24-22(20)27(25-21)13-11-23-17(2)28/h3-8,10,19H,9,11-15H2,1-2H3,(H,23,28). The van der Waals surface area contributed by atoms with Gasteiger partial charge in [-0.1, -0.05) is 24.3 Å². The minimum atomic E-state index is -0.0210. The number of pyridine rings is 1. The summed E-state index contributed by atoms with van der Waals surface area (Å²) in [6, 6.07) is 12.7. The van der Waals surface area contributed by atoms with Crippen LogP contribution in [0.3, 0.4) is 0 Å². The quantitative estimate of drug-likeness (QED) is 0.717. The minimum absolute atomic E-state index is 0.0210. The topological polar surface area (TPSA) is 63.1 Å². The predicted molar refractivity (Wildman–Crippen MR) is 110 cm³/mol. The summed E-state index contributed by atoms with van der Waals surface area (Å²) in [5, 5.41) is 8.88. The highest BCUT2D eigenvalue weighted by Crippen LogP contribution is 2.32. The normalized spacial score (nSPS) is 17.3. The molecule has 1 fully saturated rings. The first-order valence-electron chi connectivity index (χ1n) is 9.94. The number of amides is 1. The second kappa shape index (κ2) is 8.10. The summed E-state index contributed by atoms with van der Waals surface area (Å²) in [5.74, 6) is 0.394. The molecule has 1 unspecified atom stereocenters. The number of nitrogens with one attached hydrogen (secondary N) is 1. The summed E-state index contributed by atoms with van der Waals surface area (Å²) in [6.45, 7) is 7.99. The molecule has 1 aliphatic heterocycles. The Morgan fingerprint density at radius 3 is 2.93 bits per heavy atom. The van der Waals surface area contributed by atoms with Crippen molar-refractivity contribution in [1.29, 1.82) is 0 Å². The van der Waals surface area contributed by atoms with Crippen molar-refractivity contribution in [3.8, 4) is 0 Å². The monoisotopic (exact) mass is 377 g/mol. The third kappa shape index (κ3) is 3.92. The molecule has 1 amide bonds. The summed E-state index contributed by atoms with van der Waals surface area (Å²) in [7, 11) is 0. The highest BCUT2D eigenvalue weighted by Gasteiger charge is 2.28. The number of hydrogen-bond acceptors (Lipinski definition) is 4. The van der Waals surface area contributed by atoms with Crippen LogP contribution >= 0.6 is 0 Å². The van der Waals surface area contributed by atoms with Crippen LogP contribution in [-0.2, 0) is 17.9 Å². The number of nitrogens with zero attached hydrogens (tertiary/aromatic N) is 4. The summed E-state index contributed by atoms with van der Waals surface area (Å²) in [5.41, 5.74) is 4.79. The van der Waals surface area contributed by atoms with E-state index in [4.69, 9.17) is 5.10 Å². The van der Waals surface area contributed by atoms with Crippen LogP contribution in [0.1, 0.15) is 36.1 Å². The molecular formula is C22H27N5O. The van der Waals surface area contributed by atoms with Crippen molar-refractivity contribution in [3.63, 3.8) is 0 Å². The van der Waals surface area contributed by atoms with Crippen molar-refractivity contribution >= 4 is 16.9 Å². The Morgan fingerprint density at radius 2 is 2.11 bits per heavy atom. The summed E-state index contributed by atoms with van der Waals surface area (Å²) >= 11 is 0. The van der Waals surface area contributed by atoms with Crippen molar-refractivity contribution in [3.05, 3.63) is 59.4 Å². The lowest BCUT2D eigenvalue weighted by Crippen LogP contribution is -2.25. The average Bonchev–Trinajstić information content (AvgIpc) is 3.28. The number of aromatic nitrogens is 3. The van der Waals surface area contributed by atoms with Crippen LogP contribution in [0.4, 0.5) is 0 Å². The number of benzene rings is 1. The Morgan fingerprint density at radius 1 is 1.25 bits per heavy atom. The highest BCUT2D eigenvalue weighted by atomic mass is 16.1. The van der Waals surface area contributed by atoms with Gasteiger partial charge in [-0.25, -0.2) is 9.67 Å². The number of fused-ring (bicyclic) bond motifs is 1. The van der Waals surface area contributed by atoms with Crippen LogP contribution in [0.2, 0.25) is 0 Å². The van der Waals surface area contributed by atoms with Gasteiger partial charge < -0.3 is 5.32 Å². The third-order valence-corrected chi connectivity index (χ3v) is 5.55. The van der Waals surface area contributed by atoms with Gasteiger partial charge in [0.15, 0.2) is 5.65 Å². The molecule has 3 heterocycles. The number of hydrogen-bond donors (Lipinski definition) is 1. The molecule has 1 aliphatic rings. The highest BCUT2D eigenvalue weighted by molar-refractivity contribution is 5.79. The van der Waals surface area contributed by atoms with E-state index in [2.05, 4.69) is 52.5 Å². The van der Waals surface area contributed by atoms with Gasteiger partial charge in [-0.2, -0.15) is 5.10 Å². The Labute approximate surface area is 165 Å². The van der Waals surface area contributed by atoms with E-state index >= 15 is 0 Å². The van der Waals surface area contributed by atoms with E-state index in [0.29, 0.717) is 19.0 Å². The van der Waals surface area contributed by atoms with Crippen molar-refractivity contribution in [2.24, 2.45) is 0 Å². The van der Waals surface area contributed by atoms with Gasteiger partial charge in [0.05, 0.1) is 12.2 Å². The Hall–Kier alpha value is -2.73. The molecule has 0 aliphatic carbocycles. The Balaban J connectivity index is 1.51. The molecule has 0 spiro atoms. The van der Waals surface area contributed by atoms with Crippen LogP contribution in [0, 0.1) is 6.92 Å². The molecule has 1 saturated heterocycles. The lowest BCUT2D eigenvalue weighted by Gasteiger charge is -2.17. The number of aryl methyl sites for hydroxylation is 1. The molecule has 3 aromatic rings.